The number of benzene rings is 2. The van der Waals surface area contributed by atoms with Crippen molar-refractivity contribution in [1.29, 1.82) is 0 Å². The van der Waals surface area contributed by atoms with Gasteiger partial charge in [0.05, 0.1) is 18.9 Å². The molecule has 0 spiro atoms. The molecule has 2 fully saturated rings. The summed E-state index contributed by atoms with van der Waals surface area (Å²) in [4.78, 5) is 17.5. The fraction of sp³-hybridized carbons (Fsp3) is 0.467. The van der Waals surface area contributed by atoms with Crippen molar-refractivity contribution in [3.05, 3.63) is 53.9 Å². The zero-order chi connectivity index (χ0) is 27.2. The van der Waals surface area contributed by atoms with E-state index in [9.17, 15) is 9.18 Å². The fourth-order valence-corrected chi connectivity index (χ4v) is 6.71. The van der Waals surface area contributed by atoms with Gasteiger partial charge in [0.25, 0.3) is 0 Å². The molecule has 1 aromatic heterocycles. The van der Waals surface area contributed by atoms with Crippen LogP contribution in [-0.4, -0.2) is 68.7 Å². The van der Waals surface area contributed by atoms with Crippen LogP contribution >= 0.6 is 11.5 Å². The highest BCUT2D eigenvalue weighted by Gasteiger charge is 2.29. The van der Waals surface area contributed by atoms with E-state index in [2.05, 4.69) is 19.5 Å². The number of halogens is 1. The molecule has 0 radical (unpaired) electrons. The molecule has 2 aliphatic rings. The van der Waals surface area contributed by atoms with Crippen molar-refractivity contribution in [3.63, 3.8) is 0 Å². The standard InChI is InChI=1S/C30H37FN4O3S/c1-37-26-9-5-8-21(29(26)38-2)10-13-28(36)32-19-22-6-3-4-7-23(22)20-34-14-16-35(17-15-34)30-25-12-11-24(31)18-27(25)39-33-30/h5,8-13,18,22-23H,3-4,6-7,14-17,19-20H2,1-2H3,(H,32,36)/t22-,23-/m0/s1. The molecule has 0 bridgehead atoms. The summed E-state index contributed by atoms with van der Waals surface area (Å²) in [6.45, 7) is 5.58. The van der Waals surface area contributed by atoms with E-state index in [-0.39, 0.29) is 11.7 Å². The van der Waals surface area contributed by atoms with Gasteiger partial charge in [0.2, 0.25) is 5.91 Å². The van der Waals surface area contributed by atoms with E-state index in [0.717, 1.165) is 60.6 Å². The van der Waals surface area contributed by atoms with E-state index in [1.807, 2.05) is 24.3 Å². The van der Waals surface area contributed by atoms with Crippen molar-refractivity contribution in [1.82, 2.24) is 14.6 Å². The third kappa shape index (κ3) is 6.53. The molecule has 1 saturated carbocycles. The lowest BCUT2D eigenvalue weighted by atomic mass is 9.78. The third-order valence-corrected chi connectivity index (χ3v) is 8.83. The lowest BCUT2D eigenvalue weighted by Crippen LogP contribution is -2.49. The maximum atomic E-state index is 13.6. The van der Waals surface area contributed by atoms with Crippen molar-refractivity contribution in [2.45, 2.75) is 25.7 Å². The Bertz CT molecular complexity index is 1300. The Hall–Kier alpha value is -3.17. The van der Waals surface area contributed by atoms with Gasteiger partial charge >= 0.3 is 0 Å². The molecule has 1 aliphatic carbocycles. The van der Waals surface area contributed by atoms with Gasteiger partial charge in [-0.15, -0.1) is 0 Å². The van der Waals surface area contributed by atoms with E-state index in [0.29, 0.717) is 29.9 Å². The molecule has 2 heterocycles. The van der Waals surface area contributed by atoms with Crippen LogP contribution in [-0.2, 0) is 4.79 Å². The highest BCUT2D eigenvalue weighted by Crippen LogP contribution is 2.33. The van der Waals surface area contributed by atoms with Crippen LogP contribution in [0, 0.1) is 17.7 Å². The fourth-order valence-electron chi connectivity index (χ4n) is 5.89. The Morgan fingerprint density at radius 1 is 1.10 bits per heavy atom. The van der Waals surface area contributed by atoms with Gasteiger partial charge in [0, 0.05) is 56.3 Å². The normalized spacial score (nSPS) is 20.4. The van der Waals surface area contributed by atoms with E-state index in [1.54, 1.807) is 32.4 Å². The summed E-state index contributed by atoms with van der Waals surface area (Å²) in [5.74, 6) is 3.00. The SMILES string of the molecule is COc1cccc(C=CC(=O)NC[C@@H]2CCCC[C@H]2CN2CCN(c3nsc4cc(F)ccc34)CC2)c1OC. The van der Waals surface area contributed by atoms with Crippen molar-refractivity contribution in [2.75, 3.05) is 58.4 Å². The number of aromatic nitrogens is 1. The number of amides is 1. The number of hydrogen-bond donors (Lipinski definition) is 1. The first-order valence-corrected chi connectivity index (χ1v) is 14.5. The highest BCUT2D eigenvalue weighted by molar-refractivity contribution is 7.13. The molecule has 7 nitrogen and oxygen atoms in total. The summed E-state index contributed by atoms with van der Waals surface area (Å²) in [5, 5.41) is 4.18. The second kappa shape index (κ2) is 12.8. The summed E-state index contributed by atoms with van der Waals surface area (Å²) in [6.07, 6.45) is 8.19. The average Bonchev–Trinajstić information content (AvgIpc) is 3.38. The molecule has 1 N–H and O–H groups in total. The van der Waals surface area contributed by atoms with Crippen LogP contribution in [0.4, 0.5) is 10.2 Å². The molecule has 39 heavy (non-hydrogen) atoms. The van der Waals surface area contributed by atoms with Crippen LogP contribution in [0.25, 0.3) is 16.2 Å². The third-order valence-electron chi connectivity index (χ3n) is 8.03. The first kappa shape index (κ1) is 27.4. The number of nitrogens with one attached hydrogen (secondary N) is 1. The largest absolute Gasteiger partial charge is 0.493 e. The minimum Gasteiger partial charge on any atom is -0.493 e. The number of nitrogens with zero attached hydrogens (tertiary/aromatic N) is 3. The van der Waals surface area contributed by atoms with E-state index in [1.165, 1.54) is 36.9 Å². The predicted octanol–water partition coefficient (Wildman–Crippen LogP) is 5.21. The Balaban J connectivity index is 1.12. The van der Waals surface area contributed by atoms with Gasteiger partial charge in [-0.2, -0.15) is 4.37 Å². The summed E-state index contributed by atoms with van der Waals surface area (Å²) in [6, 6.07) is 10.6. The minimum absolute atomic E-state index is 0.0896. The number of ether oxygens (including phenoxy) is 2. The van der Waals surface area contributed by atoms with Gasteiger partial charge in [0.15, 0.2) is 11.5 Å². The summed E-state index contributed by atoms with van der Waals surface area (Å²) in [7, 11) is 3.20. The summed E-state index contributed by atoms with van der Waals surface area (Å²) in [5.41, 5.74) is 0.805. The summed E-state index contributed by atoms with van der Waals surface area (Å²) >= 11 is 1.37. The maximum Gasteiger partial charge on any atom is 0.244 e. The molecular formula is C30H37FN4O3S. The second-order valence-corrected chi connectivity index (χ2v) is 11.2. The highest BCUT2D eigenvalue weighted by atomic mass is 32.1. The number of methoxy groups -OCH3 is 2. The Morgan fingerprint density at radius 3 is 2.67 bits per heavy atom. The Kier molecular flexibility index (Phi) is 8.98. The van der Waals surface area contributed by atoms with Crippen LogP contribution in [0.1, 0.15) is 31.2 Å². The van der Waals surface area contributed by atoms with Gasteiger partial charge in [-0.3, -0.25) is 9.69 Å². The lowest BCUT2D eigenvalue weighted by Gasteiger charge is -2.40. The van der Waals surface area contributed by atoms with Gasteiger partial charge in [-0.1, -0.05) is 25.0 Å². The number of fused-ring (bicyclic) bond motifs is 1. The van der Waals surface area contributed by atoms with Crippen LogP contribution in [0.3, 0.4) is 0 Å². The number of carbonyl (C=O) groups excluding carboxylic acids is 1. The molecule has 1 amide bonds. The van der Waals surface area contributed by atoms with E-state index >= 15 is 0 Å². The van der Waals surface area contributed by atoms with Gasteiger partial charge < -0.3 is 19.7 Å². The smallest absolute Gasteiger partial charge is 0.244 e. The van der Waals surface area contributed by atoms with Gasteiger partial charge in [0.1, 0.15) is 11.6 Å². The molecule has 1 saturated heterocycles. The summed E-state index contributed by atoms with van der Waals surface area (Å²) < 4.78 is 29.9. The molecule has 2 atom stereocenters. The van der Waals surface area contributed by atoms with Crippen molar-refractivity contribution >= 4 is 39.4 Å². The van der Waals surface area contributed by atoms with Gasteiger partial charge in [-0.05, 0) is 66.6 Å². The molecule has 208 valence electrons. The number of para-hydroxylation sites is 1. The molecular weight excluding hydrogens is 515 g/mol. The molecule has 5 rings (SSSR count). The lowest BCUT2D eigenvalue weighted by molar-refractivity contribution is -0.116. The topological polar surface area (TPSA) is 66.9 Å². The predicted molar refractivity (Wildman–Crippen MR) is 155 cm³/mol. The minimum atomic E-state index is -0.214. The zero-order valence-corrected chi connectivity index (χ0v) is 23.5. The number of piperazine rings is 1. The van der Waals surface area contributed by atoms with Gasteiger partial charge in [-0.25, -0.2) is 4.39 Å². The first-order chi connectivity index (χ1) is 19.1. The Labute approximate surface area is 233 Å². The molecule has 9 heteroatoms. The van der Waals surface area contributed by atoms with Crippen LogP contribution in [0.5, 0.6) is 11.5 Å². The van der Waals surface area contributed by atoms with Crippen LogP contribution in [0.2, 0.25) is 0 Å². The van der Waals surface area contributed by atoms with Crippen molar-refractivity contribution in [2.24, 2.45) is 11.8 Å². The van der Waals surface area contributed by atoms with Crippen molar-refractivity contribution in [3.8, 4) is 11.5 Å². The number of rotatable bonds is 9. The Morgan fingerprint density at radius 2 is 1.90 bits per heavy atom. The van der Waals surface area contributed by atoms with E-state index < -0.39 is 0 Å². The van der Waals surface area contributed by atoms with E-state index in [4.69, 9.17) is 9.47 Å². The van der Waals surface area contributed by atoms with Crippen LogP contribution < -0.4 is 19.7 Å². The average molecular weight is 553 g/mol. The molecule has 2 aromatic carbocycles. The maximum absolute atomic E-state index is 13.6. The molecule has 1 aliphatic heterocycles. The number of anilines is 1. The second-order valence-electron chi connectivity index (χ2n) is 10.4. The zero-order valence-electron chi connectivity index (χ0n) is 22.7. The molecule has 0 unspecified atom stereocenters. The first-order valence-electron chi connectivity index (χ1n) is 13.7. The number of carbonyl (C=O) groups is 1. The molecule has 3 aromatic rings. The van der Waals surface area contributed by atoms with Crippen molar-refractivity contribution < 1.29 is 18.7 Å². The number of hydrogen-bond acceptors (Lipinski definition) is 7. The quantitative estimate of drug-likeness (QED) is 0.368. The monoisotopic (exact) mass is 552 g/mol. The van der Waals surface area contributed by atoms with Crippen LogP contribution in [0.15, 0.2) is 42.5 Å².